The van der Waals surface area contributed by atoms with Crippen LogP contribution in [-0.2, 0) is 4.79 Å². The number of aromatic nitrogens is 1. The molecule has 0 saturated carbocycles. The van der Waals surface area contributed by atoms with Gasteiger partial charge in [-0.15, -0.1) is 11.3 Å². The van der Waals surface area contributed by atoms with Gasteiger partial charge < -0.3 is 15.1 Å². The topological polar surface area (TPSA) is 48.5 Å². The van der Waals surface area contributed by atoms with Crippen LogP contribution < -0.4 is 10.2 Å². The average Bonchev–Trinajstić information content (AvgIpc) is 3.12. The fourth-order valence-electron chi connectivity index (χ4n) is 3.54. The Morgan fingerprint density at radius 1 is 1.10 bits per heavy atom. The lowest BCUT2D eigenvalue weighted by atomic mass is 10.1. The van der Waals surface area contributed by atoms with Crippen molar-refractivity contribution >= 4 is 45.7 Å². The number of fused-ring (bicyclic) bond motifs is 1. The zero-order valence-electron chi connectivity index (χ0n) is 17.1. The Labute approximate surface area is 175 Å². The van der Waals surface area contributed by atoms with Gasteiger partial charge in [0.25, 0.3) is 0 Å². The maximum atomic E-state index is 12.3. The number of hydrogen-bond acceptors (Lipinski definition) is 5. The molecule has 0 aliphatic carbocycles. The molecule has 1 amide bonds. The molecule has 1 fully saturated rings. The molecule has 1 saturated heterocycles. The first-order valence-corrected chi connectivity index (χ1v) is 10.8. The van der Waals surface area contributed by atoms with Crippen molar-refractivity contribution in [3.63, 3.8) is 0 Å². The van der Waals surface area contributed by atoms with E-state index in [1.54, 1.807) is 17.4 Å². The normalized spacial score (nSPS) is 15.3. The summed E-state index contributed by atoms with van der Waals surface area (Å²) in [6.07, 6.45) is 3.45. The monoisotopic (exact) mass is 406 g/mol. The summed E-state index contributed by atoms with van der Waals surface area (Å²) in [5.74, 6) is 0.908. The van der Waals surface area contributed by atoms with Gasteiger partial charge in [-0.25, -0.2) is 4.98 Å². The Hall–Kier alpha value is -2.70. The largest absolute Gasteiger partial charge is 0.354 e. The highest BCUT2D eigenvalue weighted by Crippen LogP contribution is 2.26. The van der Waals surface area contributed by atoms with Crippen LogP contribution in [0.1, 0.15) is 16.0 Å². The minimum atomic E-state index is -0.128. The number of carbonyl (C=O) groups excluding carboxylic acids is 1. The first-order chi connectivity index (χ1) is 14.0. The molecule has 5 nitrogen and oxygen atoms in total. The summed E-state index contributed by atoms with van der Waals surface area (Å²) in [5, 5.41) is 6.06. The maximum absolute atomic E-state index is 12.3. The SMILES string of the molecule is Cc1ccsc1/C=C\C(=O)Nc1ccc2nc(N3CCN(C)CC3)cc(C)c2c1. The number of pyridine rings is 1. The number of hydrogen-bond donors (Lipinski definition) is 1. The lowest BCUT2D eigenvalue weighted by molar-refractivity contribution is -0.111. The van der Waals surface area contributed by atoms with Crippen molar-refractivity contribution < 1.29 is 4.79 Å². The fourth-order valence-corrected chi connectivity index (χ4v) is 4.36. The number of piperazine rings is 1. The summed E-state index contributed by atoms with van der Waals surface area (Å²) in [4.78, 5) is 23.0. The number of amides is 1. The standard InChI is InChI=1S/C23H26N4OS/c1-16-8-13-29-21(16)6-7-23(28)24-18-4-5-20-19(15-18)17(2)14-22(25-20)27-11-9-26(3)10-12-27/h4-8,13-15H,9-12H2,1-3H3,(H,24,28)/b7-6-. The van der Waals surface area contributed by atoms with E-state index < -0.39 is 0 Å². The quantitative estimate of drug-likeness (QED) is 0.656. The third-order valence-electron chi connectivity index (χ3n) is 5.38. The van der Waals surface area contributed by atoms with E-state index >= 15 is 0 Å². The van der Waals surface area contributed by atoms with Crippen LogP contribution in [0.15, 0.2) is 41.8 Å². The van der Waals surface area contributed by atoms with E-state index in [1.807, 2.05) is 36.6 Å². The van der Waals surface area contributed by atoms with Gasteiger partial charge in [0, 0.05) is 48.2 Å². The molecule has 6 heteroatoms. The molecule has 1 aliphatic heterocycles. The van der Waals surface area contributed by atoms with Gasteiger partial charge in [0.15, 0.2) is 0 Å². The molecule has 0 bridgehead atoms. The number of rotatable bonds is 4. The van der Waals surface area contributed by atoms with Crippen LogP contribution in [-0.4, -0.2) is 49.0 Å². The minimum absolute atomic E-state index is 0.128. The van der Waals surface area contributed by atoms with Crippen molar-refractivity contribution in [2.45, 2.75) is 13.8 Å². The average molecular weight is 407 g/mol. The third kappa shape index (κ3) is 4.49. The number of thiophene rings is 1. The van der Waals surface area contributed by atoms with Crippen molar-refractivity contribution in [3.8, 4) is 0 Å². The van der Waals surface area contributed by atoms with E-state index in [4.69, 9.17) is 4.98 Å². The Bertz CT molecular complexity index is 1060. The molecule has 4 rings (SSSR count). The Morgan fingerprint density at radius 2 is 1.90 bits per heavy atom. The van der Waals surface area contributed by atoms with Gasteiger partial charge in [-0.3, -0.25) is 4.79 Å². The van der Waals surface area contributed by atoms with Gasteiger partial charge in [-0.05, 0) is 73.8 Å². The molecular formula is C23H26N4OS. The van der Waals surface area contributed by atoms with E-state index in [0.29, 0.717) is 0 Å². The Kier molecular flexibility index (Phi) is 5.65. The Balaban J connectivity index is 1.51. The maximum Gasteiger partial charge on any atom is 0.248 e. The zero-order chi connectivity index (χ0) is 20.4. The van der Waals surface area contributed by atoms with Crippen LogP contribution in [0.3, 0.4) is 0 Å². The highest BCUT2D eigenvalue weighted by molar-refractivity contribution is 7.11. The lowest BCUT2D eigenvalue weighted by Crippen LogP contribution is -2.44. The van der Waals surface area contributed by atoms with Gasteiger partial charge in [0.05, 0.1) is 5.52 Å². The van der Waals surface area contributed by atoms with Crippen LogP contribution in [0.4, 0.5) is 11.5 Å². The molecule has 0 unspecified atom stereocenters. The second-order valence-corrected chi connectivity index (χ2v) is 8.56. The number of aryl methyl sites for hydroxylation is 2. The first-order valence-electron chi connectivity index (χ1n) is 9.87. The summed E-state index contributed by atoms with van der Waals surface area (Å²) in [7, 11) is 2.16. The predicted octanol–water partition coefficient (Wildman–Crippen LogP) is 4.32. The first kappa shape index (κ1) is 19.6. The molecule has 0 spiro atoms. The van der Waals surface area contributed by atoms with Gasteiger partial charge in [-0.2, -0.15) is 0 Å². The van der Waals surface area contributed by atoms with Crippen LogP contribution in [0, 0.1) is 13.8 Å². The minimum Gasteiger partial charge on any atom is -0.354 e. The summed E-state index contributed by atoms with van der Waals surface area (Å²) in [6.45, 7) is 8.26. The molecular weight excluding hydrogens is 380 g/mol. The highest BCUT2D eigenvalue weighted by atomic mass is 32.1. The lowest BCUT2D eigenvalue weighted by Gasteiger charge is -2.33. The smallest absolute Gasteiger partial charge is 0.248 e. The van der Waals surface area contributed by atoms with E-state index in [0.717, 1.165) is 53.5 Å². The van der Waals surface area contributed by atoms with Gasteiger partial charge in [-0.1, -0.05) is 0 Å². The summed E-state index contributed by atoms with van der Waals surface area (Å²) >= 11 is 1.63. The second kappa shape index (κ2) is 8.35. The van der Waals surface area contributed by atoms with Crippen molar-refractivity contribution in [2.75, 3.05) is 43.4 Å². The van der Waals surface area contributed by atoms with Crippen LogP contribution >= 0.6 is 11.3 Å². The molecule has 3 aromatic rings. The van der Waals surface area contributed by atoms with Gasteiger partial charge in [0.1, 0.15) is 5.82 Å². The number of anilines is 2. The molecule has 3 heterocycles. The predicted molar refractivity (Wildman–Crippen MR) is 123 cm³/mol. The summed E-state index contributed by atoms with van der Waals surface area (Å²) < 4.78 is 0. The number of carbonyl (C=O) groups is 1. The van der Waals surface area contributed by atoms with Crippen molar-refractivity contribution in [3.05, 3.63) is 57.8 Å². The number of likely N-dealkylation sites (N-methyl/N-ethyl adjacent to an activating group) is 1. The fraction of sp³-hybridized carbons (Fsp3) is 0.304. The molecule has 0 atom stereocenters. The van der Waals surface area contributed by atoms with E-state index in [1.165, 1.54) is 11.1 Å². The molecule has 29 heavy (non-hydrogen) atoms. The number of benzene rings is 1. The van der Waals surface area contributed by atoms with Gasteiger partial charge in [0.2, 0.25) is 5.91 Å². The summed E-state index contributed by atoms with van der Waals surface area (Å²) in [5.41, 5.74) is 4.10. The van der Waals surface area contributed by atoms with Gasteiger partial charge >= 0.3 is 0 Å². The zero-order valence-corrected chi connectivity index (χ0v) is 17.9. The molecule has 2 aromatic heterocycles. The van der Waals surface area contributed by atoms with E-state index in [-0.39, 0.29) is 5.91 Å². The summed E-state index contributed by atoms with van der Waals surface area (Å²) in [6, 6.07) is 10.1. The second-order valence-electron chi connectivity index (χ2n) is 7.61. The molecule has 150 valence electrons. The third-order valence-corrected chi connectivity index (χ3v) is 6.37. The van der Waals surface area contributed by atoms with Crippen molar-refractivity contribution in [1.29, 1.82) is 0 Å². The number of nitrogens with one attached hydrogen (secondary N) is 1. The molecule has 1 aliphatic rings. The van der Waals surface area contributed by atoms with Crippen LogP contribution in [0.2, 0.25) is 0 Å². The van der Waals surface area contributed by atoms with Crippen LogP contribution in [0.25, 0.3) is 17.0 Å². The molecule has 1 N–H and O–H groups in total. The molecule has 1 aromatic carbocycles. The van der Waals surface area contributed by atoms with Crippen LogP contribution in [0.5, 0.6) is 0 Å². The van der Waals surface area contributed by atoms with Crippen molar-refractivity contribution in [2.24, 2.45) is 0 Å². The molecule has 0 radical (unpaired) electrons. The van der Waals surface area contributed by atoms with E-state index in [2.05, 4.69) is 41.2 Å². The Morgan fingerprint density at radius 3 is 2.62 bits per heavy atom. The van der Waals surface area contributed by atoms with E-state index in [9.17, 15) is 4.79 Å². The number of nitrogens with zero attached hydrogens (tertiary/aromatic N) is 3. The highest BCUT2D eigenvalue weighted by Gasteiger charge is 2.16. The van der Waals surface area contributed by atoms with Crippen molar-refractivity contribution in [1.82, 2.24) is 9.88 Å².